The number of pyridine rings is 1. The lowest BCUT2D eigenvalue weighted by atomic mass is 10.1. The second-order valence-corrected chi connectivity index (χ2v) is 8.69. The van der Waals surface area contributed by atoms with Crippen LogP contribution >= 0.6 is 0 Å². The highest BCUT2D eigenvalue weighted by molar-refractivity contribution is 6.09. The summed E-state index contributed by atoms with van der Waals surface area (Å²) in [4.78, 5) is 31.2. The Balaban J connectivity index is 1.87. The van der Waals surface area contributed by atoms with E-state index in [1.807, 2.05) is 0 Å². The summed E-state index contributed by atoms with van der Waals surface area (Å²) in [6.07, 6.45) is 3.22. The quantitative estimate of drug-likeness (QED) is 0.253. The highest BCUT2D eigenvalue weighted by atomic mass is 19.1. The van der Waals surface area contributed by atoms with Gasteiger partial charge >= 0.3 is 0 Å². The van der Waals surface area contributed by atoms with Gasteiger partial charge in [0.15, 0.2) is 11.6 Å². The van der Waals surface area contributed by atoms with Crippen LogP contribution in [0, 0.1) is 17.7 Å². The van der Waals surface area contributed by atoms with Gasteiger partial charge in [0.25, 0.3) is 5.91 Å². The van der Waals surface area contributed by atoms with Gasteiger partial charge in [-0.25, -0.2) is 9.37 Å². The van der Waals surface area contributed by atoms with Gasteiger partial charge in [-0.2, -0.15) is 5.10 Å². The number of benzene rings is 1. The first-order chi connectivity index (χ1) is 18.8. The van der Waals surface area contributed by atoms with E-state index in [4.69, 9.17) is 25.0 Å². The molecule has 4 rings (SSSR count). The number of likely N-dealkylation sites (tertiary alicyclic amines) is 1. The number of hydrogen-bond donors (Lipinski definition) is 2. The molecule has 2 aromatic heterocycles. The van der Waals surface area contributed by atoms with Crippen molar-refractivity contribution in [2.45, 2.75) is 12.5 Å². The van der Waals surface area contributed by atoms with Crippen molar-refractivity contribution in [3.63, 3.8) is 0 Å². The number of ether oxygens (including phenoxy) is 3. The van der Waals surface area contributed by atoms with Crippen LogP contribution in [0.5, 0.6) is 11.5 Å². The van der Waals surface area contributed by atoms with E-state index in [0.717, 1.165) is 0 Å². The third-order valence-corrected chi connectivity index (χ3v) is 6.37. The molecule has 1 fully saturated rings. The monoisotopic (exact) mass is 536 g/mol. The molecule has 12 heteroatoms. The molecule has 0 saturated carbocycles. The molecule has 0 radical (unpaired) electrons. The van der Waals surface area contributed by atoms with Crippen LogP contribution in [0.2, 0.25) is 0 Å². The number of carbonyl (C=O) groups excluding carboxylic acids is 2. The van der Waals surface area contributed by atoms with Crippen LogP contribution in [0.1, 0.15) is 34.1 Å². The van der Waals surface area contributed by atoms with Crippen LogP contribution < -0.4 is 20.5 Å². The van der Waals surface area contributed by atoms with E-state index in [2.05, 4.69) is 28.7 Å². The van der Waals surface area contributed by atoms with Gasteiger partial charge in [0.1, 0.15) is 17.3 Å². The molecular formula is C27H29FN6O5. The second kappa shape index (κ2) is 11.8. The van der Waals surface area contributed by atoms with Gasteiger partial charge in [-0.05, 0) is 24.5 Å². The Labute approximate surface area is 224 Å². The van der Waals surface area contributed by atoms with Crippen molar-refractivity contribution >= 4 is 28.5 Å². The van der Waals surface area contributed by atoms with Crippen molar-refractivity contribution in [2.75, 3.05) is 53.3 Å². The molecule has 0 aliphatic carbocycles. The number of nitrogens with zero attached hydrogens (tertiary/aromatic N) is 4. The molecule has 1 aliphatic heterocycles. The number of methoxy groups -OCH3 is 3. The number of rotatable bonds is 8. The first kappa shape index (κ1) is 27.4. The number of aromatic nitrogens is 3. The zero-order valence-corrected chi connectivity index (χ0v) is 21.9. The van der Waals surface area contributed by atoms with Crippen molar-refractivity contribution in [3.05, 3.63) is 53.6 Å². The topological polar surface area (TPSA) is 134 Å². The summed E-state index contributed by atoms with van der Waals surface area (Å²) in [5.41, 5.74) is 7.16. The molecule has 1 aromatic carbocycles. The van der Waals surface area contributed by atoms with Crippen molar-refractivity contribution in [1.82, 2.24) is 25.0 Å². The first-order valence-corrected chi connectivity index (χ1v) is 12.1. The zero-order chi connectivity index (χ0) is 28.1. The van der Waals surface area contributed by atoms with Crippen molar-refractivity contribution < 1.29 is 28.2 Å². The summed E-state index contributed by atoms with van der Waals surface area (Å²) in [5.74, 6) is 4.87. The van der Waals surface area contributed by atoms with Crippen molar-refractivity contribution in [3.8, 4) is 23.3 Å². The van der Waals surface area contributed by atoms with Crippen molar-refractivity contribution in [1.29, 1.82) is 0 Å². The Hall–Kier alpha value is -4.63. The molecule has 39 heavy (non-hydrogen) atoms. The highest BCUT2D eigenvalue weighted by Gasteiger charge is 2.31. The predicted octanol–water partition coefficient (Wildman–Crippen LogP) is 1.91. The highest BCUT2D eigenvalue weighted by Crippen LogP contribution is 2.32. The van der Waals surface area contributed by atoms with E-state index in [1.54, 1.807) is 9.58 Å². The van der Waals surface area contributed by atoms with Crippen LogP contribution in [0.3, 0.4) is 0 Å². The Morgan fingerprint density at radius 1 is 1.28 bits per heavy atom. The lowest BCUT2D eigenvalue weighted by molar-refractivity contribution is -0.125. The minimum Gasteiger partial charge on any atom is -0.497 e. The van der Waals surface area contributed by atoms with Crippen molar-refractivity contribution in [2.24, 2.45) is 0 Å². The van der Waals surface area contributed by atoms with Gasteiger partial charge in [-0.15, -0.1) is 0 Å². The standard InChI is InChI=1S/C27H29FN6O5/c1-5-22(35)33-10-8-17(15-33)34-25-19(27(36)30-9-11-37-2)14-31-26(29)23(25)20(32-34)7-6-16-12-18(38-3)13-21(39-4)24(16)28/h5,12-14,17H,1,8-11,15H2,2-4H3,(H2,29,31)(H,30,36). The Morgan fingerprint density at radius 2 is 2.08 bits per heavy atom. The maximum atomic E-state index is 15.0. The van der Waals surface area contributed by atoms with Gasteiger partial charge in [-0.3, -0.25) is 14.3 Å². The summed E-state index contributed by atoms with van der Waals surface area (Å²) in [7, 11) is 4.33. The third kappa shape index (κ3) is 5.49. The van der Waals surface area contributed by atoms with Gasteiger partial charge < -0.3 is 30.2 Å². The summed E-state index contributed by atoms with van der Waals surface area (Å²) >= 11 is 0. The molecule has 3 N–H and O–H groups in total. The molecular weight excluding hydrogens is 507 g/mol. The average molecular weight is 537 g/mol. The average Bonchev–Trinajstić information content (AvgIpc) is 3.58. The summed E-state index contributed by atoms with van der Waals surface area (Å²) in [5, 5.41) is 7.83. The molecule has 1 saturated heterocycles. The summed E-state index contributed by atoms with van der Waals surface area (Å²) in [6, 6.07) is 2.58. The van der Waals surface area contributed by atoms with Crippen LogP contribution in [0.25, 0.3) is 10.9 Å². The van der Waals surface area contributed by atoms with Crippen LogP contribution in [0.4, 0.5) is 10.2 Å². The zero-order valence-electron chi connectivity index (χ0n) is 21.9. The fourth-order valence-corrected chi connectivity index (χ4v) is 4.40. The van der Waals surface area contributed by atoms with E-state index >= 15 is 0 Å². The number of halogens is 1. The predicted molar refractivity (Wildman–Crippen MR) is 142 cm³/mol. The Kier molecular flexibility index (Phi) is 8.31. The summed E-state index contributed by atoms with van der Waals surface area (Å²) in [6.45, 7) is 5.00. The molecule has 3 aromatic rings. The van der Waals surface area contributed by atoms with Crippen LogP contribution in [0.15, 0.2) is 31.0 Å². The van der Waals surface area contributed by atoms with E-state index < -0.39 is 11.7 Å². The number of carbonyl (C=O) groups is 2. The molecule has 3 heterocycles. The van der Waals surface area contributed by atoms with E-state index in [1.165, 1.54) is 45.7 Å². The molecule has 1 aliphatic rings. The minimum atomic E-state index is -0.659. The van der Waals surface area contributed by atoms with E-state index in [9.17, 15) is 14.0 Å². The Bertz CT molecular complexity index is 1490. The summed E-state index contributed by atoms with van der Waals surface area (Å²) < 4.78 is 32.0. The molecule has 204 valence electrons. The maximum Gasteiger partial charge on any atom is 0.255 e. The third-order valence-electron chi connectivity index (χ3n) is 6.37. The molecule has 1 atom stereocenters. The fraction of sp³-hybridized carbons (Fsp3) is 0.333. The number of nitrogen functional groups attached to an aromatic ring is 1. The smallest absolute Gasteiger partial charge is 0.255 e. The SMILES string of the molecule is C=CC(=O)N1CCC(n2nc(C#Cc3cc(OC)cc(OC)c3F)c3c(N)ncc(C(=O)NCCOC)c32)C1. The Morgan fingerprint density at radius 3 is 2.77 bits per heavy atom. The molecule has 0 bridgehead atoms. The molecule has 11 nitrogen and oxygen atoms in total. The number of hydrogen-bond acceptors (Lipinski definition) is 8. The minimum absolute atomic E-state index is 0.0248. The molecule has 2 amide bonds. The lowest BCUT2D eigenvalue weighted by Gasteiger charge is -2.16. The van der Waals surface area contributed by atoms with Crippen LogP contribution in [-0.4, -0.2) is 79.0 Å². The van der Waals surface area contributed by atoms with Crippen LogP contribution in [-0.2, 0) is 9.53 Å². The second-order valence-electron chi connectivity index (χ2n) is 8.69. The normalized spacial score (nSPS) is 14.6. The van der Waals surface area contributed by atoms with Gasteiger partial charge in [0.2, 0.25) is 5.91 Å². The molecule has 0 spiro atoms. The number of fused-ring (bicyclic) bond motifs is 1. The van der Waals surface area contributed by atoms with Gasteiger partial charge in [0.05, 0.1) is 48.9 Å². The molecule has 1 unspecified atom stereocenters. The lowest BCUT2D eigenvalue weighted by Crippen LogP contribution is -2.29. The first-order valence-electron chi connectivity index (χ1n) is 12.1. The van der Waals surface area contributed by atoms with Gasteiger partial charge in [0, 0.05) is 39.0 Å². The number of nitrogens with one attached hydrogen (secondary N) is 1. The van der Waals surface area contributed by atoms with E-state index in [0.29, 0.717) is 42.8 Å². The number of nitrogens with two attached hydrogens (primary N) is 1. The largest absolute Gasteiger partial charge is 0.497 e. The number of anilines is 1. The van der Waals surface area contributed by atoms with E-state index in [-0.39, 0.29) is 46.9 Å². The van der Waals surface area contributed by atoms with Gasteiger partial charge in [-0.1, -0.05) is 12.5 Å². The number of amides is 2. The maximum absolute atomic E-state index is 15.0. The fourth-order valence-electron chi connectivity index (χ4n) is 4.40.